The van der Waals surface area contributed by atoms with Crippen LogP contribution in [-0.2, 0) is 4.79 Å². The lowest BCUT2D eigenvalue weighted by molar-refractivity contribution is -0.870. The van der Waals surface area contributed by atoms with Gasteiger partial charge in [-0.2, -0.15) is 0 Å². The smallest absolute Gasteiger partial charge is 0.290 e. The Hall–Kier alpha value is -0.320. The fraction of sp³-hybridized carbons (Fsp3) is 0.833. The highest BCUT2D eigenvalue weighted by atomic mass is 35.5. The number of likely N-dealkylation sites (N-methyl/N-ethyl adjacent to an activating group) is 1. The molecule has 0 aliphatic rings. The van der Waals surface area contributed by atoms with E-state index in [2.05, 4.69) is 21.1 Å². The van der Waals surface area contributed by atoms with Crippen LogP contribution in [-0.4, -0.2) is 55.5 Å². The van der Waals surface area contributed by atoms with Crippen molar-refractivity contribution in [3.05, 3.63) is 0 Å². The summed E-state index contributed by atoms with van der Waals surface area (Å²) in [6.45, 7) is 0.865. The molecule has 0 rings (SSSR count). The molecule has 0 aliphatic carbocycles. The first-order valence-electron chi connectivity index (χ1n) is 2.97. The van der Waals surface area contributed by atoms with Gasteiger partial charge in [-0.1, -0.05) is 0 Å². The minimum absolute atomic E-state index is 0. The molecule has 70 valence electrons. The molecule has 0 aromatic heterocycles. The van der Waals surface area contributed by atoms with Crippen LogP contribution in [0.25, 0.3) is 0 Å². The first-order chi connectivity index (χ1) is 4.47. The summed E-state index contributed by atoms with van der Waals surface area (Å²) in [4.78, 5) is 8.36. The van der Waals surface area contributed by atoms with Crippen LogP contribution in [0.15, 0.2) is 0 Å². The zero-order chi connectivity index (χ0) is 8.62. The van der Waals surface area contributed by atoms with E-state index in [-0.39, 0.29) is 25.5 Å². The zero-order valence-electron chi connectivity index (χ0n) is 7.12. The molecule has 5 heteroatoms. The Morgan fingerprint density at radius 3 is 1.64 bits per heavy atom. The van der Waals surface area contributed by atoms with Gasteiger partial charge in [0.2, 0.25) is 0 Å². The first-order valence-corrected chi connectivity index (χ1v) is 2.97. The minimum atomic E-state index is -0.250. The van der Waals surface area contributed by atoms with E-state index < -0.39 is 0 Å². The Morgan fingerprint density at radius 2 is 1.64 bits per heavy atom. The molecule has 0 spiro atoms. The van der Waals surface area contributed by atoms with E-state index in [1.54, 1.807) is 0 Å². The van der Waals surface area contributed by atoms with Crippen molar-refractivity contribution in [2.24, 2.45) is 0 Å². The minimum Gasteiger partial charge on any atom is -1.00 e. The number of halogens is 1. The van der Waals surface area contributed by atoms with Gasteiger partial charge in [-0.3, -0.25) is 4.79 Å². The summed E-state index contributed by atoms with van der Waals surface area (Å²) in [5, 5.41) is 15.3. The molecular weight excluding hydrogens is 170 g/mol. The van der Waals surface area contributed by atoms with Crippen molar-refractivity contribution in [2.45, 2.75) is 0 Å². The van der Waals surface area contributed by atoms with Gasteiger partial charge in [0, 0.05) is 0 Å². The van der Waals surface area contributed by atoms with Crippen LogP contribution in [0.3, 0.4) is 0 Å². The Kier molecular flexibility index (Phi) is 14.9. The van der Waals surface area contributed by atoms with E-state index in [1.807, 2.05) is 0 Å². The van der Waals surface area contributed by atoms with Gasteiger partial charge < -0.3 is 27.1 Å². The Balaban J connectivity index is -0.000000140. The second-order valence-corrected chi connectivity index (χ2v) is 2.84. The largest absolute Gasteiger partial charge is 1.00 e. The molecule has 0 fully saturated rings. The number of aliphatic hydroxyl groups is 1. The lowest BCUT2D eigenvalue weighted by Gasteiger charge is -2.21. The summed E-state index contributed by atoms with van der Waals surface area (Å²) in [5.74, 6) is 0. The number of rotatable bonds is 2. The topological polar surface area (TPSA) is 57.5 Å². The normalized spacial score (nSPS) is 8.73. The highest BCUT2D eigenvalue weighted by molar-refractivity contribution is 5.32. The molecule has 0 saturated carbocycles. The van der Waals surface area contributed by atoms with Crippen LogP contribution in [0.1, 0.15) is 0 Å². The monoisotopic (exact) mass is 185 g/mol. The standard InChI is InChI=1S/C5H14NO.CH2O2.ClH/c1-6(2,3)4-5-7;2-1-3;/h7H,4-5H2,1-3H3;1H,(H,2,3);1H/q+1;;/p-1. The van der Waals surface area contributed by atoms with Crippen molar-refractivity contribution < 1.29 is 31.9 Å². The third-order valence-electron chi connectivity index (χ3n) is 0.771. The van der Waals surface area contributed by atoms with Crippen molar-refractivity contribution in [2.75, 3.05) is 34.3 Å². The maximum atomic E-state index is 8.39. The van der Waals surface area contributed by atoms with Crippen molar-refractivity contribution in [1.82, 2.24) is 0 Å². The third-order valence-corrected chi connectivity index (χ3v) is 0.771. The Bertz CT molecular complexity index is 82.4. The van der Waals surface area contributed by atoms with E-state index in [1.165, 1.54) is 0 Å². The molecule has 0 aliphatic heterocycles. The molecule has 0 heterocycles. The second kappa shape index (κ2) is 9.68. The van der Waals surface area contributed by atoms with Crippen LogP contribution >= 0.6 is 0 Å². The van der Waals surface area contributed by atoms with Gasteiger partial charge in [0.05, 0.1) is 27.7 Å². The van der Waals surface area contributed by atoms with Crippen LogP contribution in [0.2, 0.25) is 0 Å². The lowest BCUT2D eigenvalue weighted by atomic mass is 10.5. The average Bonchev–Trinajstić information content (AvgIpc) is 1.63. The average molecular weight is 186 g/mol. The van der Waals surface area contributed by atoms with Gasteiger partial charge in [0.15, 0.2) is 0 Å². The summed E-state index contributed by atoms with van der Waals surface area (Å²) in [6, 6.07) is 0. The number of quaternary nitrogens is 1. The molecule has 0 aromatic rings. The van der Waals surface area contributed by atoms with Crippen molar-refractivity contribution in [3.8, 4) is 0 Å². The molecule has 0 unspecified atom stereocenters. The van der Waals surface area contributed by atoms with E-state index >= 15 is 0 Å². The fourth-order valence-electron chi connectivity index (χ4n) is 0.300. The highest BCUT2D eigenvalue weighted by Gasteiger charge is 2.02. The molecule has 0 amide bonds. The van der Waals surface area contributed by atoms with Crippen molar-refractivity contribution in [1.29, 1.82) is 0 Å². The van der Waals surface area contributed by atoms with E-state index in [0.717, 1.165) is 11.0 Å². The first kappa shape index (κ1) is 17.0. The number of nitrogens with zero attached hydrogens (tertiary/aromatic N) is 1. The number of carboxylic acid groups (broad SMARTS) is 1. The van der Waals surface area contributed by atoms with Crippen molar-refractivity contribution in [3.63, 3.8) is 0 Å². The molecule has 0 radical (unpaired) electrons. The van der Waals surface area contributed by atoms with E-state index in [4.69, 9.17) is 15.0 Å². The maximum absolute atomic E-state index is 8.39. The number of carbonyl (C=O) groups is 1. The molecule has 0 saturated heterocycles. The molecular formula is C6H16ClNO3. The van der Waals surface area contributed by atoms with Gasteiger partial charge in [0.25, 0.3) is 6.47 Å². The van der Waals surface area contributed by atoms with Gasteiger partial charge >= 0.3 is 0 Å². The predicted octanol–water partition coefficient (Wildman–Crippen LogP) is -3.61. The third kappa shape index (κ3) is 42.2. The fourth-order valence-corrected chi connectivity index (χ4v) is 0.300. The Labute approximate surface area is 73.4 Å². The van der Waals surface area contributed by atoms with Crippen LogP contribution < -0.4 is 12.4 Å². The summed E-state index contributed by atoms with van der Waals surface area (Å²) >= 11 is 0. The number of hydrogen-bond donors (Lipinski definition) is 2. The molecule has 0 aromatic carbocycles. The number of hydrogen-bond acceptors (Lipinski definition) is 2. The van der Waals surface area contributed by atoms with Gasteiger partial charge in [-0.05, 0) is 0 Å². The molecule has 0 atom stereocenters. The number of aliphatic hydroxyl groups excluding tert-OH is 1. The highest BCUT2D eigenvalue weighted by Crippen LogP contribution is 1.84. The van der Waals surface area contributed by atoms with E-state index in [0.29, 0.717) is 0 Å². The molecule has 11 heavy (non-hydrogen) atoms. The van der Waals surface area contributed by atoms with Gasteiger partial charge in [0.1, 0.15) is 6.54 Å². The predicted molar refractivity (Wildman–Crippen MR) is 38.7 cm³/mol. The van der Waals surface area contributed by atoms with Crippen molar-refractivity contribution >= 4 is 6.47 Å². The van der Waals surface area contributed by atoms with Crippen LogP contribution in [0.5, 0.6) is 0 Å². The lowest BCUT2D eigenvalue weighted by Crippen LogP contribution is -3.00. The summed E-state index contributed by atoms with van der Waals surface area (Å²) in [7, 11) is 6.16. The Morgan fingerprint density at radius 1 is 1.36 bits per heavy atom. The summed E-state index contributed by atoms with van der Waals surface area (Å²) in [6.07, 6.45) is 0. The van der Waals surface area contributed by atoms with Crippen LogP contribution in [0.4, 0.5) is 0 Å². The SMILES string of the molecule is C[N+](C)(C)CCO.O=CO.[Cl-]. The molecule has 4 nitrogen and oxygen atoms in total. The summed E-state index contributed by atoms with van der Waals surface area (Å²) in [5.41, 5.74) is 0. The molecule has 2 N–H and O–H groups in total. The molecule has 0 bridgehead atoms. The second-order valence-electron chi connectivity index (χ2n) is 2.84. The quantitative estimate of drug-likeness (QED) is 0.345. The van der Waals surface area contributed by atoms with E-state index in [9.17, 15) is 0 Å². The van der Waals surface area contributed by atoms with Crippen LogP contribution in [0, 0.1) is 0 Å². The van der Waals surface area contributed by atoms with Gasteiger partial charge in [-0.25, -0.2) is 0 Å². The van der Waals surface area contributed by atoms with Gasteiger partial charge in [-0.15, -0.1) is 0 Å². The summed E-state index contributed by atoms with van der Waals surface area (Å²) < 4.78 is 0.844. The zero-order valence-corrected chi connectivity index (χ0v) is 7.88. The maximum Gasteiger partial charge on any atom is 0.290 e.